The zero-order chi connectivity index (χ0) is 19.5. The van der Waals surface area contributed by atoms with Gasteiger partial charge in [-0.05, 0) is 24.1 Å². The Hall–Kier alpha value is -2.97. The van der Waals surface area contributed by atoms with Crippen LogP contribution >= 0.6 is 0 Å². The molecule has 1 aromatic carbocycles. The van der Waals surface area contributed by atoms with Crippen LogP contribution in [-0.4, -0.2) is 60.7 Å². The maximum atomic E-state index is 13.2. The molecule has 0 saturated carbocycles. The standard InChI is InChI=1S/C17H21FN4O4/c1-4-17(11-5-7-12(18)8-6-11)15(25)22(16(26)20-17)10-14(24)21(3)9-13(23)19-2/h5-8H,4,9-10H2,1-3H3,(H,19,23)(H,20,26)/t17-/m0/s1. The number of amides is 5. The Balaban J connectivity index is 2.20. The number of urea groups is 1. The summed E-state index contributed by atoms with van der Waals surface area (Å²) in [5, 5.41) is 5.00. The average molecular weight is 364 g/mol. The molecule has 1 heterocycles. The van der Waals surface area contributed by atoms with Crippen molar-refractivity contribution in [2.75, 3.05) is 27.2 Å². The number of likely N-dealkylation sites (N-methyl/N-ethyl adjacent to an activating group) is 2. The predicted octanol–water partition coefficient (Wildman–Crippen LogP) is 0.187. The first-order valence-electron chi connectivity index (χ1n) is 8.10. The molecule has 0 unspecified atom stereocenters. The minimum Gasteiger partial charge on any atom is -0.358 e. The molecule has 2 rings (SSSR count). The van der Waals surface area contributed by atoms with Gasteiger partial charge in [0.1, 0.15) is 17.9 Å². The van der Waals surface area contributed by atoms with E-state index in [9.17, 15) is 23.6 Å². The van der Waals surface area contributed by atoms with Crippen molar-refractivity contribution in [3.8, 4) is 0 Å². The normalized spacial score (nSPS) is 19.3. The van der Waals surface area contributed by atoms with Gasteiger partial charge in [0.25, 0.3) is 5.91 Å². The van der Waals surface area contributed by atoms with Gasteiger partial charge in [-0.25, -0.2) is 9.18 Å². The molecule has 1 aliphatic heterocycles. The molecule has 1 aromatic rings. The Morgan fingerprint density at radius 1 is 1.27 bits per heavy atom. The fourth-order valence-corrected chi connectivity index (χ4v) is 2.78. The van der Waals surface area contributed by atoms with Crippen LogP contribution in [0, 0.1) is 5.82 Å². The number of benzene rings is 1. The summed E-state index contributed by atoms with van der Waals surface area (Å²) in [4.78, 5) is 50.7. The van der Waals surface area contributed by atoms with Gasteiger partial charge in [-0.2, -0.15) is 0 Å². The summed E-state index contributed by atoms with van der Waals surface area (Å²) in [7, 11) is 2.85. The molecule has 140 valence electrons. The zero-order valence-corrected chi connectivity index (χ0v) is 14.8. The highest BCUT2D eigenvalue weighted by Gasteiger charge is 2.51. The van der Waals surface area contributed by atoms with E-state index in [1.807, 2.05) is 0 Å². The van der Waals surface area contributed by atoms with Crippen molar-refractivity contribution in [3.63, 3.8) is 0 Å². The summed E-state index contributed by atoms with van der Waals surface area (Å²) in [6.45, 7) is 1.04. The van der Waals surface area contributed by atoms with E-state index in [0.29, 0.717) is 5.56 Å². The molecule has 8 nitrogen and oxygen atoms in total. The summed E-state index contributed by atoms with van der Waals surface area (Å²) in [6.07, 6.45) is 0.238. The zero-order valence-electron chi connectivity index (χ0n) is 14.8. The summed E-state index contributed by atoms with van der Waals surface area (Å²) in [5.74, 6) is -1.96. The van der Waals surface area contributed by atoms with E-state index in [1.165, 1.54) is 38.4 Å². The molecule has 0 aromatic heterocycles. The van der Waals surface area contributed by atoms with E-state index in [2.05, 4.69) is 10.6 Å². The van der Waals surface area contributed by atoms with E-state index >= 15 is 0 Å². The van der Waals surface area contributed by atoms with Crippen LogP contribution in [-0.2, 0) is 19.9 Å². The van der Waals surface area contributed by atoms with Crippen LogP contribution in [0.1, 0.15) is 18.9 Å². The lowest BCUT2D eigenvalue weighted by atomic mass is 9.87. The van der Waals surface area contributed by atoms with Crippen LogP contribution in [0.4, 0.5) is 9.18 Å². The van der Waals surface area contributed by atoms with Gasteiger partial charge in [-0.3, -0.25) is 19.3 Å². The first kappa shape index (κ1) is 19.4. The summed E-state index contributed by atoms with van der Waals surface area (Å²) < 4.78 is 13.2. The molecule has 0 spiro atoms. The Bertz CT molecular complexity index is 737. The third-order valence-electron chi connectivity index (χ3n) is 4.42. The molecule has 0 bridgehead atoms. The summed E-state index contributed by atoms with van der Waals surface area (Å²) in [6, 6.07) is 4.57. The first-order chi connectivity index (χ1) is 12.2. The van der Waals surface area contributed by atoms with Crippen LogP contribution in [0.25, 0.3) is 0 Å². The molecule has 0 radical (unpaired) electrons. The van der Waals surface area contributed by atoms with Gasteiger partial charge in [-0.15, -0.1) is 0 Å². The second kappa shape index (κ2) is 7.51. The number of carbonyl (C=O) groups excluding carboxylic acids is 4. The highest BCUT2D eigenvalue weighted by atomic mass is 19.1. The van der Waals surface area contributed by atoms with Gasteiger partial charge < -0.3 is 15.5 Å². The van der Waals surface area contributed by atoms with Crippen molar-refractivity contribution >= 4 is 23.8 Å². The lowest BCUT2D eigenvalue weighted by Crippen LogP contribution is -2.46. The molecular formula is C17H21FN4O4. The summed E-state index contributed by atoms with van der Waals surface area (Å²) >= 11 is 0. The molecule has 5 amide bonds. The van der Waals surface area contributed by atoms with Crippen molar-refractivity contribution in [1.29, 1.82) is 0 Å². The number of imide groups is 1. The highest BCUT2D eigenvalue weighted by molar-refractivity contribution is 6.09. The Kier molecular flexibility index (Phi) is 5.59. The third-order valence-corrected chi connectivity index (χ3v) is 4.42. The van der Waals surface area contributed by atoms with E-state index in [4.69, 9.17) is 0 Å². The smallest absolute Gasteiger partial charge is 0.325 e. The predicted molar refractivity (Wildman–Crippen MR) is 90.3 cm³/mol. The SMILES string of the molecule is CC[C@@]1(c2ccc(F)cc2)NC(=O)N(CC(=O)N(C)CC(=O)NC)C1=O. The van der Waals surface area contributed by atoms with Gasteiger partial charge in [0, 0.05) is 14.1 Å². The minimum atomic E-state index is -1.34. The minimum absolute atomic E-state index is 0.185. The molecular weight excluding hydrogens is 343 g/mol. The Morgan fingerprint density at radius 3 is 2.42 bits per heavy atom. The quantitative estimate of drug-likeness (QED) is 0.704. The maximum absolute atomic E-state index is 13.2. The lowest BCUT2D eigenvalue weighted by molar-refractivity contribution is -0.139. The van der Waals surface area contributed by atoms with Crippen LogP contribution in [0.5, 0.6) is 0 Å². The van der Waals surface area contributed by atoms with Gasteiger partial charge in [0.15, 0.2) is 0 Å². The van der Waals surface area contributed by atoms with Gasteiger partial charge >= 0.3 is 6.03 Å². The summed E-state index contributed by atoms with van der Waals surface area (Å²) in [5.41, 5.74) is -0.904. The molecule has 2 N–H and O–H groups in total. The topological polar surface area (TPSA) is 98.8 Å². The largest absolute Gasteiger partial charge is 0.358 e. The molecule has 26 heavy (non-hydrogen) atoms. The number of hydrogen-bond acceptors (Lipinski definition) is 4. The number of nitrogens with zero attached hydrogens (tertiary/aromatic N) is 2. The molecule has 1 fully saturated rings. The lowest BCUT2D eigenvalue weighted by Gasteiger charge is -2.26. The van der Waals surface area contributed by atoms with E-state index in [-0.39, 0.29) is 18.9 Å². The molecule has 1 aliphatic rings. The molecule has 1 saturated heterocycles. The highest BCUT2D eigenvalue weighted by Crippen LogP contribution is 2.32. The second-order valence-electron chi connectivity index (χ2n) is 6.01. The van der Waals surface area contributed by atoms with Crippen LogP contribution in [0.2, 0.25) is 0 Å². The average Bonchev–Trinajstić information content (AvgIpc) is 2.87. The Labute approximate surface area is 150 Å². The van der Waals surface area contributed by atoms with Crippen LogP contribution in [0.15, 0.2) is 24.3 Å². The second-order valence-corrected chi connectivity index (χ2v) is 6.01. The van der Waals surface area contributed by atoms with Gasteiger partial charge in [0.2, 0.25) is 11.8 Å². The molecule has 0 aliphatic carbocycles. The fourth-order valence-electron chi connectivity index (χ4n) is 2.78. The number of halogens is 1. The molecule has 9 heteroatoms. The maximum Gasteiger partial charge on any atom is 0.325 e. The monoisotopic (exact) mass is 364 g/mol. The molecule has 1 atom stereocenters. The van der Waals surface area contributed by atoms with Crippen molar-refractivity contribution in [3.05, 3.63) is 35.6 Å². The van der Waals surface area contributed by atoms with Crippen LogP contribution in [0.3, 0.4) is 0 Å². The van der Waals surface area contributed by atoms with Crippen molar-refractivity contribution < 1.29 is 23.6 Å². The van der Waals surface area contributed by atoms with Gasteiger partial charge in [-0.1, -0.05) is 19.1 Å². The number of rotatable bonds is 6. The van der Waals surface area contributed by atoms with E-state index in [1.54, 1.807) is 6.92 Å². The van der Waals surface area contributed by atoms with Crippen molar-refractivity contribution in [1.82, 2.24) is 20.4 Å². The fraction of sp³-hybridized carbons (Fsp3) is 0.412. The Morgan fingerprint density at radius 2 is 1.88 bits per heavy atom. The number of hydrogen-bond donors (Lipinski definition) is 2. The number of nitrogens with one attached hydrogen (secondary N) is 2. The third kappa shape index (κ3) is 3.51. The number of carbonyl (C=O) groups is 4. The van der Waals surface area contributed by atoms with Gasteiger partial charge in [0.05, 0.1) is 6.54 Å². The van der Waals surface area contributed by atoms with Crippen molar-refractivity contribution in [2.45, 2.75) is 18.9 Å². The van der Waals surface area contributed by atoms with Crippen molar-refractivity contribution in [2.24, 2.45) is 0 Å². The van der Waals surface area contributed by atoms with E-state index < -0.39 is 35.7 Å². The van der Waals surface area contributed by atoms with Crippen LogP contribution < -0.4 is 10.6 Å². The first-order valence-corrected chi connectivity index (χ1v) is 8.10. The van der Waals surface area contributed by atoms with E-state index in [0.717, 1.165) is 9.80 Å².